The van der Waals surface area contributed by atoms with Crippen molar-refractivity contribution in [2.45, 2.75) is 37.4 Å². The minimum atomic E-state index is -1.26. The summed E-state index contributed by atoms with van der Waals surface area (Å²) in [6.45, 7) is 1.59. The Morgan fingerprint density at radius 3 is 1.85 bits per heavy atom. The van der Waals surface area contributed by atoms with Crippen molar-refractivity contribution in [2.75, 3.05) is 7.11 Å². The van der Waals surface area contributed by atoms with E-state index in [9.17, 15) is 20.4 Å². The van der Waals surface area contributed by atoms with Gasteiger partial charge in [-0.1, -0.05) is 6.92 Å². The van der Waals surface area contributed by atoms with Gasteiger partial charge in [-0.05, 0) is 0 Å². The van der Waals surface area contributed by atoms with Crippen molar-refractivity contribution in [1.82, 2.24) is 0 Å². The van der Waals surface area contributed by atoms with Crippen LogP contribution in [0.25, 0.3) is 0 Å². The van der Waals surface area contributed by atoms with Gasteiger partial charge in [0, 0.05) is 13.0 Å². The van der Waals surface area contributed by atoms with E-state index in [1.54, 1.807) is 6.92 Å². The normalized spacial score (nSPS) is 52.2. The smallest absolute Gasteiger partial charge is 0.112 e. The highest BCUT2D eigenvalue weighted by atomic mass is 16.5. The number of ether oxygens (including phenoxy) is 1. The lowest BCUT2D eigenvalue weighted by molar-refractivity contribution is -0.207. The molecule has 1 aliphatic rings. The Bertz CT molecular complexity index is 158. The minimum absolute atomic E-state index is 0.511. The third kappa shape index (κ3) is 1.70. The quantitative estimate of drug-likeness (QED) is 0.389. The van der Waals surface area contributed by atoms with Gasteiger partial charge in [-0.15, -0.1) is 0 Å². The molecule has 0 aromatic heterocycles. The fourth-order valence-corrected chi connectivity index (χ4v) is 1.69. The SMILES string of the molecule is CO[C@H]1[C@H](O)[C@@H](O)[C@H](O)[C@@H](C)[C@@H]1O. The molecule has 0 aromatic rings. The van der Waals surface area contributed by atoms with Crippen LogP contribution in [0.5, 0.6) is 0 Å². The highest BCUT2D eigenvalue weighted by Gasteiger charge is 2.46. The maximum atomic E-state index is 9.54. The van der Waals surface area contributed by atoms with Crippen LogP contribution < -0.4 is 0 Å². The van der Waals surface area contributed by atoms with Crippen LogP contribution in [-0.4, -0.2) is 58.1 Å². The third-order valence-corrected chi connectivity index (χ3v) is 2.72. The average Bonchev–Trinajstić information content (AvgIpc) is 2.13. The van der Waals surface area contributed by atoms with Gasteiger partial charge in [0.05, 0.1) is 12.2 Å². The van der Waals surface area contributed by atoms with Gasteiger partial charge in [0.2, 0.25) is 0 Å². The second-order valence-electron chi connectivity index (χ2n) is 3.52. The van der Waals surface area contributed by atoms with E-state index in [0.29, 0.717) is 0 Å². The third-order valence-electron chi connectivity index (χ3n) is 2.72. The molecule has 1 aliphatic carbocycles. The van der Waals surface area contributed by atoms with Crippen LogP contribution in [0.3, 0.4) is 0 Å². The van der Waals surface area contributed by atoms with Gasteiger partial charge in [0.25, 0.3) is 0 Å². The molecule has 0 amide bonds. The summed E-state index contributed by atoms with van der Waals surface area (Å²) in [6, 6.07) is 0. The van der Waals surface area contributed by atoms with Gasteiger partial charge in [0.1, 0.15) is 18.3 Å². The second-order valence-corrected chi connectivity index (χ2v) is 3.52. The van der Waals surface area contributed by atoms with Crippen LogP contribution in [0.1, 0.15) is 6.92 Å². The van der Waals surface area contributed by atoms with E-state index < -0.39 is 36.4 Å². The van der Waals surface area contributed by atoms with E-state index in [0.717, 1.165) is 0 Å². The van der Waals surface area contributed by atoms with Crippen molar-refractivity contribution >= 4 is 0 Å². The van der Waals surface area contributed by atoms with Gasteiger partial charge in [-0.2, -0.15) is 0 Å². The first kappa shape index (κ1) is 10.9. The standard InChI is InChI=1S/C8H16O5/c1-3-4(9)6(11)7(12)8(13-2)5(3)10/h3-12H,1-2H3/t3-,4-,5+,6+,7-,8-/m1/s1. The summed E-state index contributed by atoms with van der Waals surface area (Å²) >= 11 is 0. The van der Waals surface area contributed by atoms with Gasteiger partial charge in [-0.3, -0.25) is 0 Å². The predicted molar refractivity (Wildman–Crippen MR) is 44.0 cm³/mol. The number of aliphatic hydroxyl groups is 4. The van der Waals surface area contributed by atoms with E-state index in [1.807, 2.05) is 0 Å². The van der Waals surface area contributed by atoms with E-state index in [2.05, 4.69) is 0 Å². The fourth-order valence-electron chi connectivity index (χ4n) is 1.69. The molecule has 0 aliphatic heterocycles. The molecular formula is C8H16O5. The van der Waals surface area contributed by atoms with Crippen LogP contribution >= 0.6 is 0 Å². The maximum absolute atomic E-state index is 9.54. The molecule has 6 atom stereocenters. The van der Waals surface area contributed by atoms with Gasteiger partial charge in [-0.25, -0.2) is 0 Å². The zero-order valence-corrected chi connectivity index (χ0v) is 7.66. The molecule has 0 aromatic carbocycles. The van der Waals surface area contributed by atoms with Crippen LogP contribution in [0.4, 0.5) is 0 Å². The number of methoxy groups -OCH3 is 1. The Labute approximate surface area is 76.6 Å². The summed E-state index contributed by atoms with van der Waals surface area (Å²) in [6.07, 6.45) is -5.42. The average molecular weight is 192 g/mol. The van der Waals surface area contributed by atoms with Crippen LogP contribution in [0.2, 0.25) is 0 Å². The second kappa shape index (κ2) is 3.89. The van der Waals surface area contributed by atoms with Crippen molar-refractivity contribution in [3.63, 3.8) is 0 Å². The van der Waals surface area contributed by atoms with Crippen molar-refractivity contribution < 1.29 is 25.2 Å². The van der Waals surface area contributed by atoms with Gasteiger partial charge < -0.3 is 25.2 Å². The highest BCUT2D eigenvalue weighted by Crippen LogP contribution is 2.27. The monoisotopic (exact) mass is 192 g/mol. The molecule has 0 radical (unpaired) electrons. The molecule has 0 saturated heterocycles. The molecule has 13 heavy (non-hydrogen) atoms. The molecule has 0 heterocycles. The number of hydrogen-bond donors (Lipinski definition) is 4. The predicted octanol–water partition coefficient (Wildman–Crippen LogP) is -1.91. The van der Waals surface area contributed by atoms with Crippen LogP contribution in [-0.2, 0) is 4.74 Å². The van der Waals surface area contributed by atoms with E-state index in [-0.39, 0.29) is 0 Å². The molecule has 0 spiro atoms. The Hall–Kier alpha value is -0.200. The topological polar surface area (TPSA) is 90.2 Å². The van der Waals surface area contributed by atoms with E-state index in [1.165, 1.54) is 7.11 Å². The van der Waals surface area contributed by atoms with Crippen molar-refractivity contribution in [3.05, 3.63) is 0 Å². The van der Waals surface area contributed by atoms with Gasteiger partial charge in [0.15, 0.2) is 0 Å². The van der Waals surface area contributed by atoms with E-state index >= 15 is 0 Å². The number of rotatable bonds is 1. The molecule has 5 heteroatoms. The summed E-state index contributed by atoms with van der Waals surface area (Å²) < 4.78 is 4.83. The Balaban J connectivity index is 2.79. The number of hydrogen-bond acceptors (Lipinski definition) is 5. The lowest BCUT2D eigenvalue weighted by Crippen LogP contribution is -2.60. The van der Waals surface area contributed by atoms with E-state index in [4.69, 9.17) is 4.74 Å². The fraction of sp³-hybridized carbons (Fsp3) is 1.00. The van der Waals surface area contributed by atoms with Crippen molar-refractivity contribution in [3.8, 4) is 0 Å². The van der Waals surface area contributed by atoms with Crippen molar-refractivity contribution in [2.24, 2.45) is 5.92 Å². The van der Waals surface area contributed by atoms with Crippen LogP contribution in [0.15, 0.2) is 0 Å². The summed E-state index contributed by atoms with van der Waals surface area (Å²) in [5, 5.41) is 37.7. The lowest BCUT2D eigenvalue weighted by atomic mass is 9.79. The van der Waals surface area contributed by atoms with Crippen molar-refractivity contribution in [1.29, 1.82) is 0 Å². The summed E-state index contributed by atoms with van der Waals surface area (Å²) in [5.41, 5.74) is 0. The molecule has 1 saturated carbocycles. The number of aliphatic hydroxyl groups excluding tert-OH is 4. The first-order chi connectivity index (χ1) is 6.00. The molecule has 4 N–H and O–H groups in total. The zero-order chi connectivity index (χ0) is 10.2. The first-order valence-electron chi connectivity index (χ1n) is 4.25. The Kier molecular flexibility index (Phi) is 3.26. The Morgan fingerprint density at radius 1 is 0.846 bits per heavy atom. The summed E-state index contributed by atoms with van der Waals surface area (Å²) in [5.74, 6) is -0.511. The highest BCUT2D eigenvalue weighted by molar-refractivity contribution is 4.97. The van der Waals surface area contributed by atoms with Gasteiger partial charge >= 0.3 is 0 Å². The summed E-state index contributed by atoms with van der Waals surface area (Å²) in [4.78, 5) is 0. The minimum Gasteiger partial charge on any atom is -0.390 e. The molecular weight excluding hydrogens is 176 g/mol. The molecule has 1 fully saturated rings. The molecule has 0 bridgehead atoms. The molecule has 1 rings (SSSR count). The largest absolute Gasteiger partial charge is 0.390 e. The molecule has 78 valence electrons. The van der Waals surface area contributed by atoms with Crippen LogP contribution in [0, 0.1) is 5.92 Å². The molecule has 5 nitrogen and oxygen atoms in total. The lowest BCUT2D eigenvalue weighted by Gasteiger charge is -2.41. The zero-order valence-electron chi connectivity index (χ0n) is 7.66. The molecule has 0 unspecified atom stereocenters. The Morgan fingerprint density at radius 2 is 1.38 bits per heavy atom. The maximum Gasteiger partial charge on any atom is 0.112 e. The first-order valence-corrected chi connectivity index (χ1v) is 4.25. The summed E-state index contributed by atoms with van der Waals surface area (Å²) in [7, 11) is 1.34.